The topological polar surface area (TPSA) is 103 Å². The van der Waals surface area contributed by atoms with Crippen molar-refractivity contribution in [2.24, 2.45) is 4.99 Å². The molecule has 0 saturated carbocycles. The number of benzene rings is 1. The predicted molar refractivity (Wildman–Crippen MR) is 111 cm³/mol. The zero-order valence-electron chi connectivity index (χ0n) is 16.9. The first-order valence-corrected chi connectivity index (χ1v) is 11.4. The SMILES string of the molecule is CCNC(=NCC(O)c1cccc(OC(C)C)c1)NCCN1CCCS1(=O)=O. The van der Waals surface area contributed by atoms with Crippen LogP contribution in [0.4, 0.5) is 0 Å². The number of rotatable bonds is 9. The third-order valence-corrected chi connectivity index (χ3v) is 6.19. The Kier molecular flexibility index (Phi) is 8.53. The molecule has 8 nitrogen and oxygen atoms in total. The highest BCUT2D eigenvalue weighted by molar-refractivity contribution is 7.89. The Hall–Kier alpha value is -1.84. The Morgan fingerprint density at radius 1 is 1.36 bits per heavy atom. The van der Waals surface area contributed by atoms with E-state index in [0.717, 1.165) is 5.56 Å². The van der Waals surface area contributed by atoms with Crippen LogP contribution in [0.1, 0.15) is 38.9 Å². The Labute approximate surface area is 168 Å². The van der Waals surface area contributed by atoms with Gasteiger partial charge in [0.15, 0.2) is 5.96 Å². The van der Waals surface area contributed by atoms with Crippen molar-refractivity contribution in [3.63, 3.8) is 0 Å². The molecular weight excluding hydrogens is 380 g/mol. The van der Waals surface area contributed by atoms with E-state index in [1.165, 1.54) is 4.31 Å². The minimum atomic E-state index is -3.09. The van der Waals surface area contributed by atoms with E-state index >= 15 is 0 Å². The minimum absolute atomic E-state index is 0.0643. The van der Waals surface area contributed by atoms with Crippen molar-refractivity contribution in [2.75, 3.05) is 38.5 Å². The summed E-state index contributed by atoms with van der Waals surface area (Å²) in [5, 5.41) is 16.7. The lowest BCUT2D eigenvalue weighted by Crippen LogP contribution is -2.42. The molecule has 0 radical (unpaired) electrons. The van der Waals surface area contributed by atoms with Crippen LogP contribution in [0.5, 0.6) is 5.75 Å². The van der Waals surface area contributed by atoms with Gasteiger partial charge in [-0.1, -0.05) is 12.1 Å². The van der Waals surface area contributed by atoms with Gasteiger partial charge >= 0.3 is 0 Å². The standard InChI is InChI=1S/C19H32N4O4S/c1-4-20-19(21-9-11-23-10-6-12-28(23,25)26)22-14-18(24)16-7-5-8-17(13-16)27-15(2)3/h5,7-8,13,15,18,24H,4,6,9-12,14H2,1-3H3,(H2,20,21,22). The third-order valence-electron chi connectivity index (χ3n) is 4.24. The second-order valence-corrected chi connectivity index (χ2v) is 9.06. The third kappa shape index (κ3) is 6.96. The fourth-order valence-corrected chi connectivity index (χ4v) is 4.46. The van der Waals surface area contributed by atoms with Crippen LogP contribution in [-0.2, 0) is 10.0 Å². The van der Waals surface area contributed by atoms with Crippen molar-refractivity contribution in [1.82, 2.24) is 14.9 Å². The van der Waals surface area contributed by atoms with E-state index in [-0.39, 0.29) is 18.4 Å². The summed E-state index contributed by atoms with van der Waals surface area (Å²) in [6, 6.07) is 7.36. The van der Waals surface area contributed by atoms with Crippen molar-refractivity contribution in [2.45, 2.75) is 39.4 Å². The summed E-state index contributed by atoms with van der Waals surface area (Å²) in [5.74, 6) is 1.49. The number of nitrogens with zero attached hydrogens (tertiary/aromatic N) is 2. The molecule has 1 unspecified atom stereocenters. The van der Waals surface area contributed by atoms with Crippen LogP contribution >= 0.6 is 0 Å². The van der Waals surface area contributed by atoms with E-state index in [9.17, 15) is 13.5 Å². The average Bonchev–Trinajstić information content (AvgIpc) is 2.97. The van der Waals surface area contributed by atoms with E-state index in [1.54, 1.807) is 0 Å². The molecule has 1 fully saturated rings. The highest BCUT2D eigenvalue weighted by Crippen LogP contribution is 2.20. The normalized spacial score (nSPS) is 18.2. The van der Waals surface area contributed by atoms with E-state index in [2.05, 4.69) is 15.6 Å². The van der Waals surface area contributed by atoms with Crippen LogP contribution in [0.2, 0.25) is 0 Å². The zero-order valence-corrected chi connectivity index (χ0v) is 17.7. The molecule has 1 aromatic carbocycles. The number of guanidine groups is 1. The smallest absolute Gasteiger partial charge is 0.214 e. The maximum atomic E-state index is 11.8. The monoisotopic (exact) mass is 412 g/mol. The molecule has 1 aliphatic heterocycles. The number of aliphatic hydroxyl groups excluding tert-OH is 1. The van der Waals surface area contributed by atoms with Gasteiger partial charge in [0.05, 0.1) is 24.5 Å². The second kappa shape index (κ2) is 10.6. The van der Waals surface area contributed by atoms with E-state index < -0.39 is 16.1 Å². The van der Waals surface area contributed by atoms with Gasteiger partial charge in [0.2, 0.25) is 10.0 Å². The Morgan fingerprint density at radius 3 is 2.79 bits per heavy atom. The quantitative estimate of drug-likeness (QED) is 0.415. The Morgan fingerprint density at radius 2 is 2.14 bits per heavy atom. The van der Waals surface area contributed by atoms with Gasteiger partial charge in [0, 0.05) is 26.2 Å². The van der Waals surface area contributed by atoms with Crippen molar-refractivity contribution in [1.29, 1.82) is 0 Å². The van der Waals surface area contributed by atoms with Gasteiger partial charge in [-0.05, 0) is 44.9 Å². The lowest BCUT2D eigenvalue weighted by Gasteiger charge is -2.17. The minimum Gasteiger partial charge on any atom is -0.491 e. The number of ether oxygens (including phenoxy) is 1. The van der Waals surface area contributed by atoms with Crippen LogP contribution in [0, 0.1) is 0 Å². The number of nitrogens with one attached hydrogen (secondary N) is 2. The summed E-state index contributed by atoms with van der Waals surface area (Å²) in [6.45, 7) is 8.15. The molecule has 0 amide bonds. The predicted octanol–water partition coefficient (Wildman–Crippen LogP) is 1.10. The molecule has 9 heteroatoms. The molecular formula is C19H32N4O4S. The Bertz CT molecular complexity index is 752. The van der Waals surface area contributed by atoms with Crippen LogP contribution in [0.25, 0.3) is 0 Å². The van der Waals surface area contributed by atoms with Crippen LogP contribution in [0.15, 0.2) is 29.3 Å². The van der Waals surface area contributed by atoms with Crippen LogP contribution in [0.3, 0.4) is 0 Å². The van der Waals surface area contributed by atoms with Crippen LogP contribution < -0.4 is 15.4 Å². The average molecular weight is 413 g/mol. The number of hydrogen-bond acceptors (Lipinski definition) is 5. The first-order chi connectivity index (χ1) is 13.3. The van der Waals surface area contributed by atoms with Crippen LogP contribution in [-0.4, -0.2) is 68.4 Å². The lowest BCUT2D eigenvalue weighted by molar-refractivity contribution is 0.185. The van der Waals surface area contributed by atoms with Crippen molar-refractivity contribution < 1.29 is 18.3 Å². The molecule has 2 rings (SSSR count). The van der Waals surface area contributed by atoms with Gasteiger partial charge in [-0.2, -0.15) is 0 Å². The zero-order chi connectivity index (χ0) is 20.6. The molecule has 1 heterocycles. The van der Waals surface area contributed by atoms with Gasteiger partial charge < -0.3 is 20.5 Å². The molecule has 1 saturated heterocycles. The molecule has 28 heavy (non-hydrogen) atoms. The molecule has 158 valence electrons. The van der Waals surface area contributed by atoms with Crippen molar-refractivity contribution >= 4 is 16.0 Å². The molecule has 3 N–H and O–H groups in total. The second-order valence-electron chi connectivity index (χ2n) is 6.97. The lowest BCUT2D eigenvalue weighted by atomic mass is 10.1. The van der Waals surface area contributed by atoms with Crippen molar-refractivity contribution in [3.8, 4) is 5.75 Å². The molecule has 0 bridgehead atoms. The molecule has 1 aromatic rings. The van der Waals surface area contributed by atoms with E-state index in [1.807, 2.05) is 45.0 Å². The number of aliphatic imine (C=N–C) groups is 1. The van der Waals surface area contributed by atoms with Gasteiger partial charge in [-0.25, -0.2) is 12.7 Å². The fourth-order valence-electron chi connectivity index (χ4n) is 2.93. The molecule has 0 aliphatic carbocycles. The first kappa shape index (κ1) is 22.4. The largest absolute Gasteiger partial charge is 0.491 e. The molecule has 1 aliphatic rings. The van der Waals surface area contributed by atoms with Gasteiger partial charge in [0.1, 0.15) is 5.75 Å². The molecule has 0 aromatic heterocycles. The maximum absolute atomic E-state index is 11.8. The van der Waals surface area contributed by atoms with Gasteiger partial charge in [-0.15, -0.1) is 0 Å². The van der Waals surface area contributed by atoms with Crippen molar-refractivity contribution in [3.05, 3.63) is 29.8 Å². The summed E-state index contributed by atoms with van der Waals surface area (Å²) in [5.41, 5.74) is 0.737. The summed E-state index contributed by atoms with van der Waals surface area (Å²) in [7, 11) is -3.09. The van der Waals surface area contributed by atoms with E-state index in [4.69, 9.17) is 4.74 Å². The highest BCUT2D eigenvalue weighted by atomic mass is 32.2. The van der Waals surface area contributed by atoms with E-state index in [0.29, 0.717) is 44.3 Å². The maximum Gasteiger partial charge on any atom is 0.214 e. The molecule has 1 atom stereocenters. The number of sulfonamides is 1. The van der Waals surface area contributed by atoms with Gasteiger partial charge in [0.25, 0.3) is 0 Å². The number of aliphatic hydroxyl groups is 1. The Balaban J connectivity index is 1.90. The summed E-state index contributed by atoms with van der Waals surface area (Å²) >= 11 is 0. The summed E-state index contributed by atoms with van der Waals surface area (Å²) in [6.07, 6.45) is -0.0121. The highest BCUT2D eigenvalue weighted by Gasteiger charge is 2.27. The number of hydrogen-bond donors (Lipinski definition) is 3. The first-order valence-electron chi connectivity index (χ1n) is 9.76. The molecule has 0 spiro atoms. The summed E-state index contributed by atoms with van der Waals surface area (Å²) in [4.78, 5) is 4.42. The summed E-state index contributed by atoms with van der Waals surface area (Å²) < 4.78 is 30.8. The van der Waals surface area contributed by atoms with Gasteiger partial charge in [-0.3, -0.25) is 4.99 Å². The fraction of sp³-hybridized carbons (Fsp3) is 0.632.